The molecule has 2 N–H and O–H groups in total. The second-order valence-corrected chi connectivity index (χ2v) is 4.95. The first kappa shape index (κ1) is 16.2. The van der Waals surface area contributed by atoms with Crippen LogP contribution in [0.4, 0.5) is 0 Å². The Kier molecular flexibility index (Phi) is 7.10. The van der Waals surface area contributed by atoms with Gasteiger partial charge < -0.3 is 10.5 Å². The van der Waals surface area contributed by atoms with Crippen molar-refractivity contribution in [3.8, 4) is 0 Å². The van der Waals surface area contributed by atoms with E-state index in [0.717, 1.165) is 44.5 Å². The third-order valence-electron chi connectivity index (χ3n) is 3.45. The summed E-state index contributed by atoms with van der Waals surface area (Å²) in [6, 6.07) is 2.23. The molecule has 1 aromatic rings. The first-order valence-corrected chi connectivity index (χ1v) is 7.58. The van der Waals surface area contributed by atoms with E-state index >= 15 is 0 Å². The highest BCUT2D eigenvalue weighted by atomic mass is 16.5. The van der Waals surface area contributed by atoms with E-state index in [9.17, 15) is 0 Å². The van der Waals surface area contributed by atoms with Crippen LogP contribution in [0.3, 0.4) is 0 Å². The summed E-state index contributed by atoms with van der Waals surface area (Å²) in [6.45, 7) is 10.1. The molecule has 0 aliphatic carbocycles. The molecule has 0 aromatic carbocycles. The number of rotatable bonds is 9. The standard InChI is InChI=1S/C15H29N3O/c1-5-9-15(19-8-4)14(16)11-13-10-12(6-2)17-18(13)7-3/h10,14-15H,5-9,11,16H2,1-4H3. The molecule has 4 heteroatoms. The maximum absolute atomic E-state index is 6.33. The Morgan fingerprint density at radius 2 is 2.05 bits per heavy atom. The van der Waals surface area contributed by atoms with Gasteiger partial charge in [-0.2, -0.15) is 5.10 Å². The minimum Gasteiger partial charge on any atom is -0.377 e. The van der Waals surface area contributed by atoms with Gasteiger partial charge in [0.1, 0.15) is 0 Å². The van der Waals surface area contributed by atoms with Gasteiger partial charge in [0.2, 0.25) is 0 Å². The maximum atomic E-state index is 6.33. The second kappa shape index (κ2) is 8.33. The lowest BCUT2D eigenvalue weighted by Gasteiger charge is -2.23. The molecule has 2 atom stereocenters. The zero-order chi connectivity index (χ0) is 14.3. The van der Waals surface area contributed by atoms with E-state index in [-0.39, 0.29) is 12.1 Å². The van der Waals surface area contributed by atoms with Crippen molar-refractivity contribution in [2.24, 2.45) is 5.73 Å². The number of ether oxygens (including phenoxy) is 1. The SMILES string of the molecule is CCCC(OCC)C(N)Cc1cc(CC)nn1CC. The van der Waals surface area contributed by atoms with E-state index in [2.05, 4.69) is 36.6 Å². The largest absolute Gasteiger partial charge is 0.377 e. The van der Waals surface area contributed by atoms with Gasteiger partial charge >= 0.3 is 0 Å². The zero-order valence-electron chi connectivity index (χ0n) is 12.9. The Balaban J connectivity index is 2.72. The molecule has 0 aliphatic heterocycles. The van der Waals surface area contributed by atoms with Gasteiger partial charge in [-0.15, -0.1) is 0 Å². The minimum atomic E-state index is 0.0478. The van der Waals surface area contributed by atoms with Crippen LogP contribution in [0.5, 0.6) is 0 Å². The molecular weight excluding hydrogens is 238 g/mol. The van der Waals surface area contributed by atoms with Crippen LogP contribution in [0.15, 0.2) is 6.07 Å². The third-order valence-corrected chi connectivity index (χ3v) is 3.45. The normalized spacial score (nSPS) is 14.6. The van der Waals surface area contributed by atoms with Crippen molar-refractivity contribution in [3.63, 3.8) is 0 Å². The monoisotopic (exact) mass is 267 g/mol. The van der Waals surface area contributed by atoms with E-state index in [0.29, 0.717) is 0 Å². The van der Waals surface area contributed by atoms with Gasteiger partial charge in [-0.1, -0.05) is 20.3 Å². The fourth-order valence-corrected chi connectivity index (χ4v) is 2.42. The van der Waals surface area contributed by atoms with Crippen molar-refractivity contribution >= 4 is 0 Å². The summed E-state index contributed by atoms with van der Waals surface area (Å²) in [4.78, 5) is 0. The average Bonchev–Trinajstić information content (AvgIpc) is 2.80. The molecule has 0 bridgehead atoms. The molecule has 19 heavy (non-hydrogen) atoms. The number of aryl methyl sites for hydroxylation is 2. The lowest BCUT2D eigenvalue weighted by Crippen LogP contribution is -2.39. The lowest BCUT2D eigenvalue weighted by molar-refractivity contribution is 0.0374. The van der Waals surface area contributed by atoms with Crippen LogP contribution in [0.25, 0.3) is 0 Å². The molecule has 4 nitrogen and oxygen atoms in total. The number of nitrogens with zero attached hydrogens (tertiary/aromatic N) is 2. The van der Waals surface area contributed by atoms with E-state index in [1.54, 1.807) is 0 Å². The van der Waals surface area contributed by atoms with Crippen LogP contribution in [-0.2, 0) is 24.1 Å². The molecule has 0 spiro atoms. The highest BCUT2D eigenvalue weighted by Crippen LogP contribution is 2.13. The number of hydrogen-bond donors (Lipinski definition) is 1. The molecule has 1 rings (SSSR count). The van der Waals surface area contributed by atoms with Crippen molar-refractivity contribution < 1.29 is 4.74 Å². The Bertz CT molecular complexity index is 356. The molecule has 0 saturated heterocycles. The molecule has 1 aromatic heterocycles. The summed E-state index contributed by atoms with van der Waals surface area (Å²) in [7, 11) is 0. The van der Waals surface area contributed by atoms with Crippen LogP contribution < -0.4 is 5.73 Å². The van der Waals surface area contributed by atoms with E-state index in [4.69, 9.17) is 10.5 Å². The molecule has 0 amide bonds. The summed E-state index contributed by atoms with van der Waals surface area (Å²) >= 11 is 0. The van der Waals surface area contributed by atoms with Crippen molar-refractivity contribution in [3.05, 3.63) is 17.5 Å². The molecule has 0 fully saturated rings. The van der Waals surface area contributed by atoms with Gasteiger partial charge in [0.15, 0.2) is 0 Å². The molecule has 0 aliphatic rings. The number of aromatic nitrogens is 2. The van der Waals surface area contributed by atoms with Gasteiger partial charge in [-0.3, -0.25) is 4.68 Å². The Labute approximate surface area is 117 Å². The van der Waals surface area contributed by atoms with Gasteiger partial charge in [0.05, 0.1) is 11.8 Å². The van der Waals surface area contributed by atoms with Gasteiger partial charge in [0.25, 0.3) is 0 Å². The summed E-state index contributed by atoms with van der Waals surface area (Å²) < 4.78 is 7.83. The van der Waals surface area contributed by atoms with Crippen molar-refractivity contribution in [2.75, 3.05) is 6.61 Å². The van der Waals surface area contributed by atoms with Crippen LogP contribution >= 0.6 is 0 Å². The molecule has 110 valence electrons. The molecule has 2 unspecified atom stereocenters. The predicted octanol–water partition coefficient (Wildman–Crippen LogP) is 2.54. The summed E-state index contributed by atoms with van der Waals surface area (Å²) in [5, 5.41) is 4.57. The van der Waals surface area contributed by atoms with Gasteiger partial charge in [-0.25, -0.2) is 0 Å². The van der Waals surface area contributed by atoms with Crippen LogP contribution in [0.2, 0.25) is 0 Å². The fraction of sp³-hybridized carbons (Fsp3) is 0.800. The quantitative estimate of drug-likeness (QED) is 0.748. The van der Waals surface area contributed by atoms with Crippen molar-refractivity contribution in [1.29, 1.82) is 0 Å². The highest BCUT2D eigenvalue weighted by Gasteiger charge is 2.19. The molecule has 0 saturated carbocycles. The minimum absolute atomic E-state index is 0.0478. The molecular formula is C15H29N3O. The van der Waals surface area contributed by atoms with Gasteiger partial charge in [-0.05, 0) is 32.8 Å². The highest BCUT2D eigenvalue weighted by molar-refractivity contribution is 5.12. The molecule has 1 heterocycles. The van der Waals surface area contributed by atoms with E-state index < -0.39 is 0 Å². The second-order valence-electron chi connectivity index (χ2n) is 4.95. The average molecular weight is 267 g/mol. The van der Waals surface area contributed by atoms with E-state index in [1.165, 1.54) is 5.69 Å². The van der Waals surface area contributed by atoms with Crippen LogP contribution in [0.1, 0.15) is 51.9 Å². The zero-order valence-corrected chi connectivity index (χ0v) is 12.9. The van der Waals surface area contributed by atoms with Gasteiger partial charge in [0, 0.05) is 31.3 Å². The predicted molar refractivity (Wildman–Crippen MR) is 79.3 cm³/mol. The lowest BCUT2D eigenvalue weighted by atomic mass is 10.0. The summed E-state index contributed by atoms with van der Waals surface area (Å²) in [5.74, 6) is 0. The first-order chi connectivity index (χ1) is 9.15. The van der Waals surface area contributed by atoms with Crippen molar-refractivity contribution in [2.45, 2.75) is 72.1 Å². The Morgan fingerprint density at radius 1 is 1.32 bits per heavy atom. The summed E-state index contributed by atoms with van der Waals surface area (Å²) in [5.41, 5.74) is 8.71. The third kappa shape index (κ3) is 4.62. The smallest absolute Gasteiger partial charge is 0.0729 e. The number of nitrogens with two attached hydrogens (primary N) is 1. The molecule has 0 radical (unpaired) electrons. The Morgan fingerprint density at radius 3 is 2.58 bits per heavy atom. The summed E-state index contributed by atoms with van der Waals surface area (Å²) in [6.07, 6.45) is 4.09. The topological polar surface area (TPSA) is 53.1 Å². The van der Waals surface area contributed by atoms with Crippen LogP contribution in [0, 0.1) is 0 Å². The maximum Gasteiger partial charge on any atom is 0.0729 e. The Hall–Kier alpha value is -0.870. The first-order valence-electron chi connectivity index (χ1n) is 7.58. The fourth-order valence-electron chi connectivity index (χ4n) is 2.42. The van der Waals surface area contributed by atoms with E-state index in [1.807, 2.05) is 6.92 Å². The van der Waals surface area contributed by atoms with Crippen LogP contribution in [-0.4, -0.2) is 28.5 Å². The number of hydrogen-bond acceptors (Lipinski definition) is 3. The van der Waals surface area contributed by atoms with Crippen molar-refractivity contribution in [1.82, 2.24) is 9.78 Å².